The summed E-state index contributed by atoms with van der Waals surface area (Å²) in [6.07, 6.45) is 0.423. The average Bonchev–Trinajstić information content (AvgIpc) is 2.31. The van der Waals surface area contributed by atoms with Crippen LogP contribution in [0.5, 0.6) is 0 Å². The Kier molecular flexibility index (Phi) is 2.88. The summed E-state index contributed by atoms with van der Waals surface area (Å²) in [6, 6.07) is 0. The van der Waals surface area contributed by atoms with Gasteiger partial charge in [-0.2, -0.15) is 0 Å². The van der Waals surface area contributed by atoms with E-state index in [1.165, 1.54) is 0 Å². The van der Waals surface area contributed by atoms with Gasteiger partial charge in [-0.15, -0.1) is 0 Å². The Morgan fingerprint density at radius 2 is 1.94 bits per heavy atom. The highest BCUT2D eigenvalue weighted by atomic mass is 79.9. The van der Waals surface area contributed by atoms with Crippen molar-refractivity contribution in [3.05, 3.63) is 0 Å². The number of rotatable bonds is 1. The summed E-state index contributed by atoms with van der Waals surface area (Å²) in [5, 5.41) is 0.326. The molecule has 0 radical (unpaired) electrons. The van der Waals surface area contributed by atoms with Gasteiger partial charge in [0.2, 0.25) is 5.78 Å². The second kappa shape index (κ2) is 3.54. The minimum absolute atomic E-state index is 0.121. The third-order valence-electron chi connectivity index (χ3n) is 3.82. The van der Waals surface area contributed by atoms with E-state index in [1.807, 2.05) is 13.8 Å². The first-order valence-corrected chi connectivity index (χ1v) is 7.61. The summed E-state index contributed by atoms with van der Waals surface area (Å²) in [4.78, 5) is 24.2. The first-order chi connectivity index (χ1) is 7.19. The lowest BCUT2D eigenvalue weighted by molar-refractivity contribution is -0.158. The van der Waals surface area contributed by atoms with E-state index in [9.17, 15) is 9.59 Å². The fourth-order valence-corrected chi connectivity index (χ4v) is 4.91. The Morgan fingerprint density at radius 1 is 1.38 bits per heavy atom. The molecular formula is C10H11Br3O3. The van der Waals surface area contributed by atoms with Crippen molar-refractivity contribution in [2.45, 2.75) is 29.1 Å². The average molecular weight is 419 g/mol. The number of fused-ring (bicyclic) bond motifs is 2. The van der Waals surface area contributed by atoms with E-state index >= 15 is 0 Å². The molecule has 2 fully saturated rings. The molecule has 0 amide bonds. The molecule has 1 aliphatic heterocycles. The van der Waals surface area contributed by atoms with E-state index in [4.69, 9.17) is 4.74 Å². The van der Waals surface area contributed by atoms with Gasteiger partial charge in [-0.05, 0) is 6.42 Å². The normalized spacial score (nSPS) is 39.7. The quantitative estimate of drug-likeness (QED) is 0.486. The SMILES string of the molecule is CC1(C)C2CC(Br)(Br)C(=O)C1(CBr)OC2=O. The van der Waals surface area contributed by atoms with Crippen LogP contribution in [0, 0.1) is 11.3 Å². The van der Waals surface area contributed by atoms with Gasteiger partial charge >= 0.3 is 5.97 Å². The molecule has 2 rings (SSSR count). The second-order valence-electron chi connectivity index (χ2n) is 4.89. The topological polar surface area (TPSA) is 43.4 Å². The summed E-state index contributed by atoms with van der Waals surface area (Å²) in [6.45, 7) is 3.83. The summed E-state index contributed by atoms with van der Waals surface area (Å²) in [5.41, 5.74) is -1.55. The summed E-state index contributed by atoms with van der Waals surface area (Å²) in [5.74, 6) is -0.663. The number of halogens is 3. The molecule has 0 aromatic carbocycles. The number of carbonyl (C=O) groups excluding carboxylic acids is 2. The van der Waals surface area contributed by atoms with Crippen LogP contribution in [0.15, 0.2) is 0 Å². The Hall–Kier alpha value is 0.580. The maximum Gasteiger partial charge on any atom is 0.310 e. The van der Waals surface area contributed by atoms with Gasteiger partial charge in [-0.25, -0.2) is 0 Å². The van der Waals surface area contributed by atoms with Crippen molar-refractivity contribution in [3.8, 4) is 0 Å². The highest BCUT2D eigenvalue weighted by molar-refractivity contribution is 9.26. The molecule has 3 nitrogen and oxygen atoms in total. The zero-order valence-electron chi connectivity index (χ0n) is 8.85. The Morgan fingerprint density at radius 3 is 2.44 bits per heavy atom. The predicted molar refractivity (Wildman–Crippen MR) is 70.1 cm³/mol. The maximum atomic E-state index is 12.4. The van der Waals surface area contributed by atoms with Crippen LogP contribution in [0.2, 0.25) is 0 Å². The lowest BCUT2D eigenvalue weighted by Gasteiger charge is -2.45. The van der Waals surface area contributed by atoms with E-state index in [-0.39, 0.29) is 17.7 Å². The Balaban J connectivity index is 2.61. The fraction of sp³-hybridized carbons (Fsp3) is 0.800. The smallest absolute Gasteiger partial charge is 0.310 e. The standard InChI is InChI=1S/C10H11Br3O3/c1-8(2)5-3-10(12,13)7(15)9(8,4-11)16-6(5)14/h5H,3-4H2,1-2H3. The lowest BCUT2D eigenvalue weighted by Crippen LogP contribution is -2.61. The van der Waals surface area contributed by atoms with Crippen LogP contribution >= 0.6 is 47.8 Å². The van der Waals surface area contributed by atoms with Gasteiger partial charge in [0.15, 0.2) is 5.60 Å². The van der Waals surface area contributed by atoms with Crippen LogP contribution in [-0.2, 0) is 14.3 Å². The molecule has 1 heterocycles. The highest BCUT2D eigenvalue weighted by Crippen LogP contribution is 2.60. The van der Waals surface area contributed by atoms with Crippen molar-refractivity contribution in [2.24, 2.45) is 11.3 Å². The Labute approximate surface area is 119 Å². The number of Topliss-reactive ketones (excluding diaryl/α,β-unsaturated/α-hetero) is 1. The molecule has 0 N–H and O–H groups in total. The second-order valence-corrected chi connectivity index (χ2v) is 9.23. The molecule has 2 atom stereocenters. The van der Waals surface area contributed by atoms with E-state index in [1.54, 1.807) is 0 Å². The largest absolute Gasteiger partial charge is 0.449 e. The van der Waals surface area contributed by atoms with E-state index in [0.29, 0.717) is 11.8 Å². The zero-order chi connectivity index (χ0) is 12.4. The predicted octanol–water partition coefficient (Wildman–Crippen LogP) is 2.78. The molecule has 90 valence electrons. The first-order valence-electron chi connectivity index (χ1n) is 4.90. The van der Waals surface area contributed by atoms with Gasteiger partial charge in [0.25, 0.3) is 0 Å². The van der Waals surface area contributed by atoms with Crippen LogP contribution in [-0.4, -0.2) is 25.9 Å². The molecule has 0 aromatic heterocycles. The van der Waals surface area contributed by atoms with Gasteiger partial charge in [0.05, 0.1) is 11.2 Å². The van der Waals surface area contributed by atoms with Gasteiger partial charge in [-0.3, -0.25) is 9.59 Å². The van der Waals surface area contributed by atoms with Crippen LogP contribution in [0.3, 0.4) is 0 Å². The van der Waals surface area contributed by atoms with Gasteiger partial charge in [0, 0.05) is 5.41 Å². The minimum Gasteiger partial charge on any atom is -0.449 e. The minimum atomic E-state index is -1.07. The number of esters is 1. The van der Waals surface area contributed by atoms with Crippen LogP contribution in [0.25, 0.3) is 0 Å². The fourth-order valence-electron chi connectivity index (χ4n) is 2.53. The van der Waals surface area contributed by atoms with Crippen molar-refractivity contribution in [3.63, 3.8) is 0 Å². The third kappa shape index (κ3) is 1.35. The Bertz CT molecular complexity index is 378. The van der Waals surface area contributed by atoms with Crippen molar-refractivity contribution >= 4 is 59.5 Å². The molecule has 16 heavy (non-hydrogen) atoms. The molecule has 2 bridgehead atoms. The van der Waals surface area contributed by atoms with Crippen LogP contribution in [0.1, 0.15) is 20.3 Å². The van der Waals surface area contributed by atoms with Crippen LogP contribution in [0.4, 0.5) is 0 Å². The molecule has 1 aliphatic carbocycles. The maximum absolute atomic E-state index is 12.4. The number of ether oxygens (including phenoxy) is 1. The number of alkyl halides is 3. The van der Waals surface area contributed by atoms with E-state index in [0.717, 1.165) is 0 Å². The van der Waals surface area contributed by atoms with E-state index in [2.05, 4.69) is 47.8 Å². The lowest BCUT2D eigenvalue weighted by atomic mass is 9.62. The number of hydrogen-bond donors (Lipinski definition) is 0. The molecule has 2 unspecified atom stereocenters. The molecule has 1 saturated heterocycles. The number of hydrogen-bond acceptors (Lipinski definition) is 3. The summed E-state index contributed by atoms with van der Waals surface area (Å²) < 4.78 is 4.54. The van der Waals surface area contributed by atoms with Crippen molar-refractivity contribution in [1.82, 2.24) is 0 Å². The third-order valence-corrected chi connectivity index (χ3v) is 5.98. The van der Waals surface area contributed by atoms with Crippen molar-refractivity contribution in [2.75, 3.05) is 5.33 Å². The van der Waals surface area contributed by atoms with E-state index < -0.39 is 14.2 Å². The molecule has 0 spiro atoms. The van der Waals surface area contributed by atoms with Crippen molar-refractivity contribution in [1.29, 1.82) is 0 Å². The highest BCUT2D eigenvalue weighted by Gasteiger charge is 2.72. The zero-order valence-corrected chi connectivity index (χ0v) is 13.6. The van der Waals surface area contributed by atoms with Gasteiger partial charge in [0.1, 0.15) is 3.23 Å². The molecule has 0 aromatic rings. The monoisotopic (exact) mass is 416 g/mol. The number of carbonyl (C=O) groups is 2. The summed E-state index contributed by atoms with van der Waals surface area (Å²) in [7, 11) is 0. The van der Waals surface area contributed by atoms with Gasteiger partial charge in [-0.1, -0.05) is 61.6 Å². The molecule has 6 heteroatoms. The number of ketones is 1. The van der Waals surface area contributed by atoms with Crippen LogP contribution < -0.4 is 0 Å². The molecule has 2 aliphatic rings. The molecule has 1 saturated carbocycles. The summed E-state index contributed by atoms with van der Waals surface area (Å²) >= 11 is 10.0. The van der Waals surface area contributed by atoms with Crippen molar-refractivity contribution < 1.29 is 14.3 Å². The van der Waals surface area contributed by atoms with Gasteiger partial charge < -0.3 is 4.74 Å². The first kappa shape index (κ1) is 13.0. The molecular weight excluding hydrogens is 408 g/mol.